The molecule has 0 fully saturated rings. The van der Waals surface area contributed by atoms with Crippen LogP contribution in [0.3, 0.4) is 0 Å². The molecule has 0 aliphatic heterocycles. The van der Waals surface area contributed by atoms with E-state index in [4.69, 9.17) is 5.73 Å². The molecule has 0 saturated heterocycles. The molecular formula is C15H25N. The van der Waals surface area contributed by atoms with Crippen LogP contribution in [-0.4, -0.2) is 0 Å². The molecule has 0 bridgehead atoms. The lowest BCUT2D eigenvalue weighted by atomic mass is 9.96. The first kappa shape index (κ1) is 13.2. The maximum absolute atomic E-state index is 6.15. The molecule has 1 aromatic carbocycles. The van der Waals surface area contributed by atoms with E-state index < -0.39 is 0 Å². The molecule has 0 spiro atoms. The Morgan fingerprint density at radius 3 is 2.25 bits per heavy atom. The number of unbranched alkanes of at least 4 members (excludes halogenated alkanes) is 1. The van der Waals surface area contributed by atoms with Crippen LogP contribution in [0.25, 0.3) is 0 Å². The molecule has 1 nitrogen and oxygen atoms in total. The van der Waals surface area contributed by atoms with Crippen molar-refractivity contribution in [2.75, 3.05) is 0 Å². The zero-order valence-electron chi connectivity index (χ0n) is 10.9. The molecule has 0 aliphatic carbocycles. The van der Waals surface area contributed by atoms with Crippen molar-refractivity contribution in [3.63, 3.8) is 0 Å². The van der Waals surface area contributed by atoms with Gasteiger partial charge in [0.1, 0.15) is 0 Å². The van der Waals surface area contributed by atoms with E-state index in [0.29, 0.717) is 5.92 Å². The lowest BCUT2D eigenvalue weighted by Gasteiger charge is -2.14. The first-order chi connectivity index (χ1) is 7.63. The van der Waals surface area contributed by atoms with Crippen molar-refractivity contribution in [1.29, 1.82) is 0 Å². The number of benzene rings is 1. The van der Waals surface area contributed by atoms with Gasteiger partial charge in [0.2, 0.25) is 0 Å². The topological polar surface area (TPSA) is 26.0 Å². The van der Waals surface area contributed by atoms with Gasteiger partial charge in [-0.15, -0.1) is 0 Å². The van der Waals surface area contributed by atoms with E-state index in [1.54, 1.807) is 0 Å². The van der Waals surface area contributed by atoms with Gasteiger partial charge in [-0.1, -0.05) is 51.5 Å². The molecule has 0 aliphatic rings. The van der Waals surface area contributed by atoms with Crippen LogP contribution in [0.5, 0.6) is 0 Å². The maximum atomic E-state index is 6.15. The van der Waals surface area contributed by atoms with Gasteiger partial charge in [0.25, 0.3) is 0 Å². The Kier molecular flexibility index (Phi) is 5.54. The number of rotatable bonds is 6. The Bertz CT molecular complexity index is 287. The van der Waals surface area contributed by atoms with Crippen LogP contribution in [-0.2, 0) is 6.42 Å². The van der Waals surface area contributed by atoms with E-state index in [9.17, 15) is 0 Å². The van der Waals surface area contributed by atoms with Gasteiger partial charge in [-0.25, -0.2) is 0 Å². The molecule has 0 amide bonds. The zero-order valence-corrected chi connectivity index (χ0v) is 10.9. The minimum atomic E-state index is 0.195. The summed E-state index contributed by atoms with van der Waals surface area (Å²) in [7, 11) is 0. The average Bonchev–Trinajstić information content (AvgIpc) is 2.26. The lowest BCUT2D eigenvalue weighted by Crippen LogP contribution is -2.12. The summed E-state index contributed by atoms with van der Waals surface area (Å²) in [6, 6.07) is 9.03. The highest BCUT2D eigenvalue weighted by Gasteiger charge is 2.07. The normalized spacial score (nSPS) is 13.1. The molecule has 0 radical (unpaired) electrons. The smallest absolute Gasteiger partial charge is 0.0297 e. The predicted octanol–water partition coefficient (Wildman–Crippen LogP) is 4.08. The van der Waals surface area contributed by atoms with Crippen LogP contribution in [0.2, 0.25) is 0 Å². The summed E-state index contributed by atoms with van der Waals surface area (Å²) in [5.74, 6) is 0.662. The van der Waals surface area contributed by atoms with E-state index in [2.05, 4.69) is 45.0 Å². The Labute approximate surface area is 100 Å². The van der Waals surface area contributed by atoms with E-state index in [0.717, 1.165) is 6.42 Å². The fraction of sp³-hybridized carbons (Fsp3) is 0.600. The summed E-state index contributed by atoms with van der Waals surface area (Å²) in [6.45, 7) is 6.66. The predicted molar refractivity (Wildman–Crippen MR) is 71.4 cm³/mol. The SMILES string of the molecule is CCCCc1ccc(C(N)CC(C)C)cc1. The van der Waals surface area contributed by atoms with Crippen molar-refractivity contribution >= 4 is 0 Å². The summed E-state index contributed by atoms with van der Waals surface area (Å²) in [4.78, 5) is 0. The summed E-state index contributed by atoms with van der Waals surface area (Å²) >= 11 is 0. The largest absolute Gasteiger partial charge is 0.324 e. The highest BCUT2D eigenvalue weighted by molar-refractivity contribution is 5.24. The standard InChI is InChI=1S/C15H25N/c1-4-5-6-13-7-9-14(10-8-13)15(16)11-12(2)3/h7-10,12,15H,4-6,11,16H2,1-3H3. The Hall–Kier alpha value is -0.820. The van der Waals surface area contributed by atoms with Gasteiger partial charge in [-0.05, 0) is 36.3 Å². The van der Waals surface area contributed by atoms with Crippen LogP contribution < -0.4 is 5.73 Å². The van der Waals surface area contributed by atoms with E-state index in [1.807, 2.05) is 0 Å². The molecule has 0 saturated carbocycles. The Balaban J connectivity index is 2.56. The molecule has 1 atom stereocenters. The lowest BCUT2D eigenvalue weighted by molar-refractivity contribution is 0.510. The number of hydrogen-bond donors (Lipinski definition) is 1. The highest BCUT2D eigenvalue weighted by atomic mass is 14.6. The van der Waals surface area contributed by atoms with Crippen molar-refractivity contribution in [2.45, 2.75) is 52.5 Å². The molecule has 0 heterocycles. The third kappa shape index (κ3) is 4.36. The Morgan fingerprint density at radius 1 is 1.12 bits per heavy atom. The van der Waals surface area contributed by atoms with Gasteiger partial charge < -0.3 is 5.73 Å². The molecule has 2 N–H and O–H groups in total. The minimum Gasteiger partial charge on any atom is -0.324 e. The van der Waals surface area contributed by atoms with Gasteiger partial charge in [-0.2, -0.15) is 0 Å². The maximum Gasteiger partial charge on any atom is 0.0297 e. The number of nitrogens with two attached hydrogens (primary N) is 1. The van der Waals surface area contributed by atoms with Gasteiger partial charge >= 0.3 is 0 Å². The van der Waals surface area contributed by atoms with Gasteiger partial charge in [0.15, 0.2) is 0 Å². The van der Waals surface area contributed by atoms with Crippen molar-refractivity contribution < 1.29 is 0 Å². The molecule has 1 unspecified atom stereocenters. The molecule has 90 valence electrons. The van der Waals surface area contributed by atoms with Crippen LogP contribution >= 0.6 is 0 Å². The summed E-state index contributed by atoms with van der Waals surface area (Å²) in [5, 5.41) is 0. The summed E-state index contributed by atoms with van der Waals surface area (Å²) in [6.07, 6.45) is 4.79. The minimum absolute atomic E-state index is 0.195. The molecule has 1 heteroatoms. The second-order valence-corrected chi connectivity index (χ2v) is 5.08. The highest BCUT2D eigenvalue weighted by Crippen LogP contribution is 2.19. The first-order valence-electron chi connectivity index (χ1n) is 6.48. The zero-order chi connectivity index (χ0) is 12.0. The van der Waals surface area contributed by atoms with E-state index in [1.165, 1.54) is 30.4 Å². The molecule has 1 aromatic rings. The number of aryl methyl sites for hydroxylation is 1. The second kappa shape index (κ2) is 6.70. The van der Waals surface area contributed by atoms with E-state index in [-0.39, 0.29) is 6.04 Å². The molecule has 16 heavy (non-hydrogen) atoms. The fourth-order valence-corrected chi connectivity index (χ4v) is 1.96. The van der Waals surface area contributed by atoms with Crippen LogP contribution in [0, 0.1) is 5.92 Å². The van der Waals surface area contributed by atoms with Crippen molar-refractivity contribution in [1.82, 2.24) is 0 Å². The molecule has 1 rings (SSSR count). The third-order valence-corrected chi connectivity index (χ3v) is 2.95. The first-order valence-corrected chi connectivity index (χ1v) is 6.48. The quantitative estimate of drug-likeness (QED) is 0.766. The van der Waals surface area contributed by atoms with Gasteiger partial charge in [-0.3, -0.25) is 0 Å². The van der Waals surface area contributed by atoms with E-state index >= 15 is 0 Å². The van der Waals surface area contributed by atoms with Crippen LogP contribution in [0.1, 0.15) is 57.2 Å². The fourth-order valence-electron chi connectivity index (χ4n) is 1.96. The van der Waals surface area contributed by atoms with Crippen LogP contribution in [0.4, 0.5) is 0 Å². The third-order valence-electron chi connectivity index (χ3n) is 2.95. The molecule has 0 aromatic heterocycles. The summed E-state index contributed by atoms with van der Waals surface area (Å²) < 4.78 is 0. The Morgan fingerprint density at radius 2 is 1.75 bits per heavy atom. The summed E-state index contributed by atoms with van der Waals surface area (Å²) in [5.41, 5.74) is 8.85. The van der Waals surface area contributed by atoms with Crippen LogP contribution in [0.15, 0.2) is 24.3 Å². The van der Waals surface area contributed by atoms with Crippen molar-refractivity contribution in [3.05, 3.63) is 35.4 Å². The average molecular weight is 219 g/mol. The van der Waals surface area contributed by atoms with Gasteiger partial charge in [0, 0.05) is 6.04 Å². The molecular weight excluding hydrogens is 194 g/mol. The van der Waals surface area contributed by atoms with Crippen molar-refractivity contribution in [2.24, 2.45) is 11.7 Å². The number of hydrogen-bond acceptors (Lipinski definition) is 1. The van der Waals surface area contributed by atoms with Crippen molar-refractivity contribution in [3.8, 4) is 0 Å². The van der Waals surface area contributed by atoms with Gasteiger partial charge in [0.05, 0.1) is 0 Å². The monoisotopic (exact) mass is 219 g/mol. The second-order valence-electron chi connectivity index (χ2n) is 5.08.